The fourth-order valence-corrected chi connectivity index (χ4v) is 2.69. The van der Waals surface area contributed by atoms with Crippen molar-refractivity contribution in [1.29, 1.82) is 0 Å². The summed E-state index contributed by atoms with van der Waals surface area (Å²) in [4.78, 5) is 6.55. The molecule has 2 atom stereocenters. The lowest BCUT2D eigenvalue weighted by Gasteiger charge is -2.38. The van der Waals surface area contributed by atoms with Crippen molar-refractivity contribution < 1.29 is 0 Å². The number of hydrogen-bond donors (Lipinski definition) is 1. The van der Waals surface area contributed by atoms with Crippen LogP contribution in [0.5, 0.6) is 0 Å². The minimum atomic E-state index is 0.563. The molecule has 2 N–H and O–H groups in total. The zero-order valence-corrected chi connectivity index (χ0v) is 11.2. The number of anilines is 1. The minimum absolute atomic E-state index is 0.563. The average molecular weight is 254 g/mol. The predicted molar refractivity (Wildman–Crippen MR) is 72.5 cm³/mol. The van der Waals surface area contributed by atoms with Gasteiger partial charge in [0.2, 0.25) is 0 Å². The van der Waals surface area contributed by atoms with E-state index in [1.807, 2.05) is 19.2 Å². The number of piperidine rings is 1. The van der Waals surface area contributed by atoms with E-state index in [9.17, 15) is 0 Å². The maximum atomic E-state index is 6.32. The van der Waals surface area contributed by atoms with Crippen LogP contribution in [-0.4, -0.2) is 24.6 Å². The molecule has 1 aromatic rings. The van der Waals surface area contributed by atoms with Crippen LogP contribution in [0, 0.1) is 18.8 Å². The Labute approximate surface area is 108 Å². The molecule has 1 aliphatic rings. The summed E-state index contributed by atoms with van der Waals surface area (Å²) in [6.07, 6.45) is 3.01. The summed E-state index contributed by atoms with van der Waals surface area (Å²) in [5.74, 6) is 1.27. The monoisotopic (exact) mass is 253 g/mol. The zero-order chi connectivity index (χ0) is 12.4. The van der Waals surface area contributed by atoms with Crippen LogP contribution in [0.15, 0.2) is 12.3 Å². The van der Waals surface area contributed by atoms with E-state index >= 15 is 0 Å². The third-order valence-electron chi connectivity index (χ3n) is 3.80. The quantitative estimate of drug-likeness (QED) is 0.881. The van der Waals surface area contributed by atoms with Gasteiger partial charge in [0.05, 0.1) is 16.4 Å². The molecule has 0 bridgehead atoms. The molecule has 17 heavy (non-hydrogen) atoms. The van der Waals surface area contributed by atoms with Crippen LogP contribution < -0.4 is 10.6 Å². The largest absolute Gasteiger partial charge is 0.370 e. The number of halogens is 1. The van der Waals surface area contributed by atoms with E-state index in [0.717, 1.165) is 36.0 Å². The first-order valence-electron chi connectivity index (χ1n) is 6.19. The highest BCUT2D eigenvalue weighted by Crippen LogP contribution is 2.32. The smallest absolute Gasteiger partial charge is 0.0851 e. The Bertz CT molecular complexity index is 394. The number of aromatic nitrogens is 1. The van der Waals surface area contributed by atoms with Gasteiger partial charge in [-0.05, 0) is 37.8 Å². The molecule has 1 aliphatic heterocycles. The molecule has 4 heteroatoms. The van der Waals surface area contributed by atoms with Crippen LogP contribution in [-0.2, 0) is 0 Å². The molecule has 1 fully saturated rings. The summed E-state index contributed by atoms with van der Waals surface area (Å²) in [6, 6.07) is 2.00. The molecule has 0 radical (unpaired) electrons. The van der Waals surface area contributed by atoms with E-state index in [2.05, 4.69) is 16.8 Å². The van der Waals surface area contributed by atoms with Gasteiger partial charge in [-0.15, -0.1) is 0 Å². The van der Waals surface area contributed by atoms with Crippen LogP contribution in [0.3, 0.4) is 0 Å². The van der Waals surface area contributed by atoms with E-state index < -0.39 is 0 Å². The highest BCUT2D eigenvalue weighted by Gasteiger charge is 2.26. The normalized spacial score (nSPS) is 25.1. The van der Waals surface area contributed by atoms with Gasteiger partial charge in [-0.3, -0.25) is 4.98 Å². The zero-order valence-electron chi connectivity index (χ0n) is 10.5. The van der Waals surface area contributed by atoms with Gasteiger partial charge in [-0.25, -0.2) is 0 Å². The Balaban J connectivity index is 2.20. The van der Waals surface area contributed by atoms with Crippen LogP contribution in [0.25, 0.3) is 0 Å². The van der Waals surface area contributed by atoms with Crippen LogP contribution in [0.2, 0.25) is 5.02 Å². The van der Waals surface area contributed by atoms with Gasteiger partial charge in [0.15, 0.2) is 0 Å². The Hall–Kier alpha value is -0.800. The molecule has 3 nitrogen and oxygen atoms in total. The van der Waals surface area contributed by atoms with Crippen LogP contribution in [0.4, 0.5) is 5.69 Å². The third-order valence-corrected chi connectivity index (χ3v) is 4.27. The summed E-state index contributed by atoms with van der Waals surface area (Å²) in [6.45, 7) is 7.04. The van der Waals surface area contributed by atoms with Gasteiger partial charge in [-0.1, -0.05) is 18.5 Å². The highest BCUT2D eigenvalue weighted by molar-refractivity contribution is 6.33. The maximum Gasteiger partial charge on any atom is 0.0851 e. The number of hydrogen-bond acceptors (Lipinski definition) is 3. The molecule has 1 aromatic heterocycles. The summed E-state index contributed by atoms with van der Waals surface area (Å²) in [7, 11) is 0. The SMILES string of the molecule is Cc1nccc(N2CCC(C)C(CN)C2)c1Cl. The highest BCUT2D eigenvalue weighted by atomic mass is 35.5. The first kappa shape index (κ1) is 12.7. The Kier molecular flexibility index (Phi) is 3.89. The summed E-state index contributed by atoms with van der Waals surface area (Å²) >= 11 is 6.32. The lowest BCUT2D eigenvalue weighted by atomic mass is 9.87. The van der Waals surface area contributed by atoms with E-state index in [4.69, 9.17) is 17.3 Å². The molecule has 94 valence electrons. The Morgan fingerprint density at radius 1 is 1.59 bits per heavy atom. The fraction of sp³-hybridized carbons (Fsp3) is 0.615. The lowest BCUT2D eigenvalue weighted by Crippen LogP contribution is -2.42. The Morgan fingerprint density at radius 3 is 3.06 bits per heavy atom. The topological polar surface area (TPSA) is 42.2 Å². The molecule has 0 saturated carbocycles. The standard InChI is InChI=1S/C13H20ClN3/c1-9-4-6-17(8-11(9)7-15)12-3-5-16-10(2)13(12)14/h3,5,9,11H,4,6-8,15H2,1-2H3. The van der Waals surface area contributed by atoms with Crippen molar-refractivity contribution in [2.75, 3.05) is 24.5 Å². The summed E-state index contributed by atoms with van der Waals surface area (Å²) < 4.78 is 0. The summed E-state index contributed by atoms with van der Waals surface area (Å²) in [5.41, 5.74) is 7.83. The first-order chi connectivity index (χ1) is 8.13. The van der Waals surface area contributed by atoms with Gasteiger partial charge in [0, 0.05) is 19.3 Å². The van der Waals surface area contributed by atoms with Crippen LogP contribution >= 0.6 is 11.6 Å². The van der Waals surface area contributed by atoms with Gasteiger partial charge < -0.3 is 10.6 Å². The van der Waals surface area contributed by atoms with Gasteiger partial charge in [-0.2, -0.15) is 0 Å². The van der Waals surface area contributed by atoms with Gasteiger partial charge in [0.1, 0.15) is 0 Å². The average Bonchev–Trinajstić information content (AvgIpc) is 2.34. The number of nitrogens with two attached hydrogens (primary N) is 1. The van der Waals surface area contributed by atoms with Crippen molar-refractivity contribution in [3.05, 3.63) is 23.0 Å². The number of pyridine rings is 1. The van der Waals surface area contributed by atoms with Crippen molar-refractivity contribution in [3.8, 4) is 0 Å². The van der Waals surface area contributed by atoms with E-state index in [0.29, 0.717) is 11.8 Å². The second-order valence-corrected chi connectivity index (χ2v) is 5.32. The number of aryl methyl sites for hydroxylation is 1. The summed E-state index contributed by atoms with van der Waals surface area (Å²) in [5, 5.41) is 0.776. The van der Waals surface area contributed by atoms with E-state index in [1.54, 1.807) is 0 Å². The molecule has 0 aromatic carbocycles. The molecule has 1 saturated heterocycles. The van der Waals surface area contributed by atoms with Crippen molar-refractivity contribution >= 4 is 17.3 Å². The minimum Gasteiger partial charge on any atom is -0.370 e. The fourth-order valence-electron chi connectivity index (χ4n) is 2.45. The van der Waals surface area contributed by atoms with Crippen LogP contribution in [0.1, 0.15) is 19.0 Å². The molecule has 2 unspecified atom stereocenters. The third kappa shape index (κ3) is 2.55. The molecule has 0 aliphatic carbocycles. The predicted octanol–water partition coefficient (Wildman–Crippen LogP) is 2.46. The van der Waals surface area contributed by atoms with Crippen molar-refractivity contribution in [1.82, 2.24) is 4.98 Å². The molecule has 2 rings (SSSR count). The Morgan fingerprint density at radius 2 is 2.35 bits per heavy atom. The second kappa shape index (κ2) is 5.23. The molecule has 2 heterocycles. The van der Waals surface area contributed by atoms with Gasteiger partial charge >= 0.3 is 0 Å². The van der Waals surface area contributed by atoms with Crippen molar-refractivity contribution in [2.24, 2.45) is 17.6 Å². The molecular weight excluding hydrogens is 234 g/mol. The molecule has 0 spiro atoms. The first-order valence-corrected chi connectivity index (χ1v) is 6.57. The lowest BCUT2D eigenvalue weighted by molar-refractivity contribution is 0.308. The van der Waals surface area contributed by atoms with Crippen molar-refractivity contribution in [2.45, 2.75) is 20.3 Å². The van der Waals surface area contributed by atoms with E-state index in [1.165, 1.54) is 6.42 Å². The number of rotatable bonds is 2. The van der Waals surface area contributed by atoms with Crippen molar-refractivity contribution in [3.63, 3.8) is 0 Å². The van der Waals surface area contributed by atoms with E-state index in [-0.39, 0.29) is 0 Å². The number of nitrogens with zero attached hydrogens (tertiary/aromatic N) is 2. The molecular formula is C13H20ClN3. The maximum absolute atomic E-state index is 6.32. The second-order valence-electron chi connectivity index (χ2n) is 4.94. The molecule has 0 amide bonds. The van der Waals surface area contributed by atoms with Gasteiger partial charge in [0.25, 0.3) is 0 Å².